The summed E-state index contributed by atoms with van der Waals surface area (Å²) >= 11 is 0. The molecule has 0 saturated heterocycles. The van der Waals surface area contributed by atoms with Crippen LogP contribution in [-0.2, 0) is 24.2 Å². The Morgan fingerprint density at radius 2 is 1.26 bits per heavy atom. The van der Waals surface area contributed by atoms with E-state index >= 15 is 0 Å². The largest absolute Gasteiger partial charge is 0.459 e. The zero-order chi connectivity index (χ0) is 28.0. The number of hydrogen-bond acceptors (Lipinski definition) is 5. The SMILES string of the molecule is CN1CNC23c4c(cccc41)Cc1ccc4c(c12)C1c2c-4ccc4c2C2(NCN(C)c5cccc(c52)C4)[n+]2ncc[n+]3c21. The van der Waals surface area contributed by atoms with Gasteiger partial charge in [0, 0.05) is 35.3 Å². The van der Waals surface area contributed by atoms with E-state index in [4.69, 9.17) is 5.10 Å². The van der Waals surface area contributed by atoms with Gasteiger partial charge in [-0.15, -0.1) is 4.57 Å². The predicted octanol–water partition coefficient (Wildman–Crippen LogP) is 2.75. The van der Waals surface area contributed by atoms with E-state index in [1.165, 1.54) is 84.0 Å². The summed E-state index contributed by atoms with van der Waals surface area (Å²) in [5.74, 6) is 1.40. The molecule has 7 aliphatic rings. The maximum Gasteiger partial charge on any atom is 0.459 e. The summed E-state index contributed by atoms with van der Waals surface area (Å²) in [5.41, 5.74) is 18.6. The highest BCUT2D eigenvalue weighted by Crippen LogP contribution is 2.62. The van der Waals surface area contributed by atoms with E-state index in [0.717, 1.165) is 26.2 Å². The molecule has 0 radical (unpaired) electrons. The van der Waals surface area contributed by atoms with Crippen molar-refractivity contribution >= 4 is 11.4 Å². The van der Waals surface area contributed by atoms with Crippen molar-refractivity contribution in [3.63, 3.8) is 0 Å². The van der Waals surface area contributed by atoms with E-state index in [0.29, 0.717) is 0 Å². The molecule has 1 aromatic heterocycles. The lowest BCUT2D eigenvalue weighted by Crippen LogP contribution is -2.83. The summed E-state index contributed by atoms with van der Waals surface area (Å²) in [4.78, 5) is 4.72. The molecule has 4 aliphatic heterocycles. The van der Waals surface area contributed by atoms with Gasteiger partial charge >= 0.3 is 11.5 Å². The van der Waals surface area contributed by atoms with Gasteiger partial charge in [0.05, 0.1) is 35.6 Å². The van der Waals surface area contributed by atoms with Gasteiger partial charge in [0.2, 0.25) is 6.20 Å². The van der Waals surface area contributed by atoms with Crippen molar-refractivity contribution in [2.45, 2.75) is 30.1 Å². The first-order valence-electron chi connectivity index (χ1n) is 15.5. The fraction of sp³-hybridized carbons (Fsp3) is 0.250. The van der Waals surface area contributed by atoms with Crippen molar-refractivity contribution in [1.82, 2.24) is 15.7 Å². The number of rotatable bonds is 0. The van der Waals surface area contributed by atoms with Gasteiger partial charge < -0.3 is 9.80 Å². The van der Waals surface area contributed by atoms with Gasteiger partial charge in [0.15, 0.2) is 12.1 Å². The van der Waals surface area contributed by atoms with Crippen LogP contribution in [-0.4, -0.2) is 32.5 Å². The van der Waals surface area contributed by atoms with E-state index in [2.05, 4.69) is 111 Å². The van der Waals surface area contributed by atoms with Gasteiger partial charge in [0.1, 0.15) is 0 Å². The summed E-state index contributed by atoms with van der Waals surface area (Å²) in [6.07, 6.45) is 6.20. The molecule has 43 heavy (non-hydrogen) atoms. The second-order valence-electron chi connectivity index (χ2n) is 13.5. The molecule has 206 valence electrons. The highest BCUT2D eigenvalue weighted by molar-refractivity contribution is 5.87. The highest BCUT2D eigenvalue weighted by Gasteiger charge is 2.71. The lowest BCUT2D eigenvalue weighted by molar-refractivity contribution is -0.914. The second-order valence-corrected chi connectivity index (χ2v) is 13.5. The zero-order valence-electron chi connectivity index (χ0n) is 24.1. The van der Waals surface area contributed by atoms with Crippen LogP contribution in [0.5, 0.6) is 0 Å². The van der Waals surface area contributed by atoms with Crippen LogP contribution in [0.15, 0.2) is 73.1 Å². The van der Waals surface area contributed by atoms with Crippen LogP contribution in [0.25, 0.3) is 11.1 Å². The molecule has 5 aromatic rings. The lowest BCUT2D eigenvalue weighted by atomic mass is 9.66. The smallest absolute Gasteiger partial charge is 0.361 e. The van der Waals surface area contributed by atoms with Crippen molar-refractivity contribution < 1.29 is 9.25 Å². The normalized spacial score (nSPS) is 26.1. The minimum atomic E-state index is -0.576. The Morgan fingerprint density at radius 3 is 1.91 bits per heavy atom. The number of benzene rings is 4. The molecule has 5 heterocycles. The van der Waals surface area contributed by atoms with E-state index in [-0.39, 0.29) is 5.92 Å². The third-order valence-electron chi connectivity index (χ3n) is 11.8. The van der Waals surface area contributed by atoms with Crippen LogP contribution in [0, 0.1) is 0 Å². The first kappa shape index (κ1) is 22.0. The first-order chi connectivity index (χ1) is 21.1. The Hall–Kier alpha value is -4.59. The van der Waals surface area contributed by atoms with E-state index in [1.54, 1.807) is 0 Å². The van der Waals surface area contributed by atoms with E-state index in [1.807, 2.05) is 6.20 Å². The zero-order valence-corrected chi connectivity index (χ0v) is 24.1. The maximum absolute atomic E-state index is 5.33. The summed E-state index contributed by atoms with van der Waals surface area (Å²) in [6, 6.07) is 23.4. The summed E-state index contributed by atoms with van der Waals surface area (Å²) in [6.45, 7) is 1.51. The van der Waals surface area contributed by atoms with Gasteiger partial charge in [0.25, 0.3) is 5.66 Å². The highest BCUT2D eigenvalue weighted by atomic mass is 15.5. The molecule has 3 aliphatic carbocycles. The molecule has 2 spiro atoms. The number of hydrogen-bond donors (Lipinski definition) is 2. The molecule has 3 unspecified atom stereocenters. The average molecular weight is 560 g/mol. The van der Waals surface area contributed by atoms with Crippen LogP contribution < -0.4 is 29.7 Å². The third kappa shape index (κ3) is 2.05. The molecule has 7 nitrogen and oxygen atoms in total. The summed E-state index contributed by atoms with van der Waals surface area (Å²) < 4.78 is 4.99. The number of fused-ring (bicyclic) bond motifs is 1. The van der Waals surface area contributed by atoms with Gasteiger partial charge in [-0.3, -0.25) is 0 Å². The quantitative estimate of drug-likeness (QED) is 0.281. The summed E-state index contributed by atoms with van der Waals surface area (Å²) in [7, 11) is 4.41. The predicted molar refractivity (Wildman–Crippen MR) is 161 cm³/mol. The Kier molecular flexibility index (Phi) is 3.40. The van der Waals surface area contributed by atoms with Gasteiger partial charge in [-0.1, -0.05) is 48.5 Å². The third-order valence-corrected chi connectivity index (χ3v) is 11.8. The Balaban J connectivity index is 1.32. The van der Waals surface area contributed by atoms with Gasteiger partial charge in [-0.2, -0.15) is 0 Å². The molecule has 0 saturated carbocycles. The Morgan fingerprint density at radius 1 is 0.698 bits per heavy atom. The minimum absolute atomic E-state index is 0.144. The maximum atomic E-state index is 5.33. The van der Waals surface area contributed by atoms with Crippen LogP contribution in [0.2, 0.25) is 0 Å². The van der Waals surface area contributed by atoms with E-state index < -0.39 is 11.3 Å². The molecule has 2 N–H and O–H groups in total. The van der Waals surface area contributed by atoms with Crippen molar-refractivity contribution in [3.05, 3.63) is 135 Å². The van der Waals surface area contributed by atoms with Crippen molar-refractivity contribution in [2.75, 3.05) is 37.2 Å². The number of aromatic nitrogens is 3. The average Bonchev–Trinajstić information content (AvgIpc) is 3.38. The number of nitrogens with zero attached hydrogens (tertiary/aromatic N) is 5. The van der Waals surface area contributed by atoms with Crippen molar-refractivity contribution in [2.24, 2.45) is 0 Å². The second kappa shape index (κ2) is 6.64. The van der Waals surface area contributed by atoms with Crippen LogP contribution in [0.1, 0.15) is 67.4 Å². The number of anilines is 2. The van der Waals surface area contributed by atoms with Crippen LogP contribution in [0.3, 0.4) is 0 Å². The van der Waals surface area contributed by atoms with Crippen molar-refractivity contribution in [1.29, 1.82) is 0 Å². The fourth-order valence-corrected chi connectivity index (χ4v) is 10.4. The van der Waals surface area contributed by atoms with Gasteiger partial charge in [-0.05, 0) is 69.5 Å². The van der Waals surface area contributed by atoms with Gasteiger partial charge in [-0.25, -0.2) is 10.6 Å². The molecule has 12 rings (SSSR count). The molecule has 7 heteroatoms. The van der Waals surface area contributed by atoms with E-state index in [9.17, 15) is 0 Å². The Labute approximate surface area is 249 Å². The first-order valence-corrected chi connectivity index (χ1v) is 15.5. The molecular weight excluding hydrogens is 530 g/mol. The lowest BCUT2D eigenvalue weighted by Gasteiger charge is -2.48. The molecule has 0 bridgehead atoms. The Bertz CT molecular complexity index is 2070. The molecule has 4 aromatic carbocycles. The molecule has 0 fully saturated rings. The van der Waals surface area contributed by atoms with Crippen molar-refractivity contribution in [3.8, 4) is 11.1 Å². The monoisotopic (exact) mass is 559 g/mol. The standard InChI is InChI=1S/C36H29N7/c1-40-17-37-35-30-19(5-3-7-25(30)40)15-21-9-11-23-24-12-10-22-16-20-6-4-8-26-31(20)36(38-18-41(26)2)33(22)28(24)29(27(23)32(21)35)34-42(35)14-13-39-43(34)36/h3-14,29,37-38H,15-18H2,1-2H3/q+2. The minimum Gasteiger partial charge on any atom is -0.361 e. The van der Waals surface area contributed by atoms with Crippen LogP contribution in [0.4, 0.5) is 11.4 Å². The molecule has 0 amide bonds. The number of nitrogens with one attached hydrogen (secondary N) is 2. The van der Waals surface area contributed by atoms with Crippen LogP contribution >= 0.6 is 0 Å². The fourth-order valence-electron chi connectivity index (χ4n) is 10.4. The molecular formula is C36H29N7+2. The summed E-state index contributed by atoms with van der Waals surface area (Å²) in [5, 5.41) is 13.6. The molecule has 3 atom stereocenters. The topological polar surface area (TPSA) is 51.2 Å².